The maximum Gasteiger partial charge on any atom is 0.330 e. The van der Waals surface area contributed by atoms with Crippen molar-refractivity contribution in [2.24, 2.45) is 5.73 Å². The Hall–Kier alpha value is -2.92. The molecule has 1 aliphatic heterocycles. The summed E-state index contributed by atoms with van der Waals surface area (Å²) in [5.41, 5.74) is 5.55. The average Bonchev–Trinajstić information content (AvgIpc) is 2.57. The Balaban J connectivity index is 2.07. The van der Waals surface area contributed by atoms with Gasteiger partial charge in [-0.05, 0) is 36.6 Å². The first-order chi connectivity index (χ1) is 12.0. The molecule has 0 aliphatic carbocycles. The van der Waals surface area contributed by atoms with Gasteiger partial charge in [0.1, 0.15) is 11.6 Å². The van der Waals surface area contributed by atoms with Crippen molar-refractivity contribution in [3.63, 3.8) is 0 Å². The molecule has 0 amide bonds. The van der Waals surface area contributed by atoms with Gasteiger partial charge in [-0.1, -0.05) is 0 Å². The number of anilines is 1. The van der Waals surface area contributed by atoms with Crippen molar-refractivity contribution in [3.8, 4) is 6.07 Å². The number of nitrogens with one attached hydrogen (secondary N) is 1. The number of nitrogens with zero attached hydrogens (tertiary/aromatic N) is 3. The van der Waals surface area contributed by atoms with E-state index in [1.54, 1.807) is 0 Å². The van der Waals surface area contributed by atoms with Crippen LogP contribution >= 0.6 is 0 Å². The first-order valence-electron chi connectivity index (χ1n) is 8.01. The molecule has 2 aromatic rings. The summed E-state index contributed by atoms with van der Waals surface area (Å²) in [7, 11) is 0. The third-order valence-corrected chi connectivity index (χ3v) is 4.31. The van der Waals surface area contributed by atoms with Gasteiger partial charge in [-0.3, -0.25) is 14.3 Å². The van der Waals surface area contributed by atoms with Gasteiger partial charge in [0, 0.05) is 25.2 Å². The quantitative estimate of drug-likeness (QED) is 0.845. The minimum Gasteiger partial charge on any atom is -0.356 e. The minimum atomic E-state index is -0.602. The molecule has 130 valence electrons. The summed E-state index contributed by atoms with van der Waals surface area (Å²) in [4.78, 5) is 28.2. The zero-order chi connectivity index (χ0) is 18.0. The zero-order valence-electron chi connectivity index (χ0n) is 13.5. The van der Waals surface area contributed by atoms with Crippen LogP contribution in [0.1, 0.15) is 24.0 Å². The number of rotatable bonds is 3. The molecule has 0 bridgehead atoms. The number of aromatic nitrogens is 2. The van der Waals surface area contributed by atoms with Crippen LogP contribution in [-0.2, 0) is 6.54 Å². The zero-order valence-corrected chi connectivity index (χ0v) is 13.5. The molecule has 0 saturated carbocycles. The molecule has 1 aromatic heterocycles. The number of hydrogen-bond acceptors (Lipinski definition) is 5. The van der Waals surface area contributed by atoms with E-state index in [0.717, 1.165) is 12.8 Å². The van der Waals surface area contributed by atoms with Crippen LogP contribution in [0, 0.1) is 17.1 Å². The van der Waals surface area contributed by atoms with Crippen molar-refractivity contribution in [3.05, 3.63) is 62.0 Å². The van der Waals surface area contributed by atoms with Gasteiger partial charge in [0.25, 0.3) is 5.56 Å². The highest BCUT2D eigenvalue weighted by molar-refractivity contribution is 5.42. The highest BCUT2D eigenvalue weighted by Gasteiger charge is 2.21. The summed E-state index contributed by atoms with van der Waals surface area (Å²) in [6.07, 6.45) is 1.73. The van der Waals surface area contributed by atoms with Gasteiger partial charge < -0.3 is 10.6 Å². The van der Waals surface area contributed by atoms with Crippen LogP contribution in [-0.4, -0.2) is 28.7 Å². The lowest BCUT2D eigenvalue weighted by atomic mass is 10.1. The maximum atomic E-state index is 13.6. The van der Waals surface area contributed by atoms with Gasteiger partial charge in [-0.2, -0.15) is 5.26 Å². The van der Waals surface area contributed by atoms with Crippen molar-refractivity contribution in [2.75, 3.05) is 18.0 Å². The first-order valence-corrected chi connectivity index (χ1v) is 8.01. The van der Waals surface area contributed by atoms with Crippen LogP contribution in [0.15, 0.2) is 33.9 Å². The highest BCUT2D eigenvalue weighted by atomic mass is 19.1. The molecule has 1 aliphatic rings. The molecule has 1 atom stereocenters. The Morgan fingerprint density at radius 3 is 2.88 bits per heavy atom. The van der Waals surface area contributed by atoms with Crippen LogP contribution in [0.2, 0.25) is 0 Å². The molecule has 8 heteroatoms. The van der Waals surface area contributed by atoms with E-state index in [0.29, 0.717) is 24.5 Å². The Labute approximate surface area is 143 Å². The summed E-state index contributed by atoms with van der Waals surface area (Å²) in [6, 6.07) is 7.08. The normalized spacial score (nSPS) is 17.3. The smallest absolute Gasteiger partial charge is 0.330 e. The van der Waals surface area contributed by atoms with Crippen LogP contribution in [0.25, 0.3) is 0 Å². The number of halogens is 1. The van der Waals surface area contributed by atoms with Crippen molar-refractivity contribution >= 4 is 5.82 Å². The predicted molar refractivity (Wildman–Crippen MR) is 91.0 cm³/mol. The Morgan fingerprint density at radius 1 is 1.36 bits per heavy atom. The van der Waals surface area contributed by atoms with Gasteiger partial charge >= 0.3 is 5.69 Å². The molecule has 1 aromatic carbocycles. The largest absolute Gasteiger partial charge is 0.356 e. The monoisotopic (exact) mass is 343 g/mol. The molecule has 3 rings (SSSR count). The molecule has 25 heavy (non-hydrogen) atoms. The summed E-state index contributed by atoms with van der Waals surface area (Å²) < 4.78 is 14.9. The van der Waals surface area contributed by atoms with E-state index in [9.17, 15) is 19.2 Å². The fraction of sp³-hybridized carbons (Fsp3) is 0.353. The van der Waals surface area contributed by atoms with Crippen molar-refractivity contribution in [2.45, 2.75) is 25.4 Å². The molecular weight excluding hydrogens is 325 g/mol. The van der Waals surface area contributed by atoms with Gasteiger partial charge in [0.2, 0.25) is 0 Å². The molecule has 7 nitrogen and oxygen atoms in total. The number of hydrogen-bond donors (Lipinski definition) is 2. The van der Waals surface area contributed by atoms with Crippen LogP contribution in [0.4, 0.5) is 10.2 Å². The van der Waals surface area contributed by atoms with Gasteiger partial charge in [-0.15, -0.1) is 0 Å². The second kappa shape index (κ2) is 6.91. The van der Waals surface area contributed by atoms with Crippen LogP contribution in [0.3, 0.4) is 0 Å². The number of nitriles is 1. The van der Waals surface area contributed by atoms with Crippen molar-refractivity contribution in [1.82, 2.24) is 9.55 Å². The molecule has 0 spiro atoms. The standard InChI is InChI=1S/C17H18FN5O2/c18-13-4-3-11(8-19)12(6-13)9-23-16(7-15(24)21-17(23)25)22-5-1-2-14(20)10-22/h3-4,6-7,14H,1-2,5,9-10,20H2,(H,21,24,25)/t14-/m0/s1. The SMILES string of the molecule is N#Cc1ccc(F)cc1Cn1c(N2CCC[C@H](N)C2)cc(=O)[nH]c1=O. The van der Waals surface area contributed by atoms with Gasteiger partial charge in [0.05, 0.1) is 18.2 Å². The predicted octanol–water partition coefficient (Wildman–Crippen LogP) is 0.523. The van der Waals surface area contributed by atoms with E-state index in [4.69, 9.17) is 5.73 Å². The molecular formula is C17H18FN5O2. The number of benzene rings is 1. The molecule has 1 fully saturated rings. The summed E-state index contributed by atoms with van der Waals surface area (Å²) in [6.45, 7) is 1.18. The Morgan fingerprint density at radius 2 is 2.16 bits per heavy atom. The van der Waals surface area contributed by atoms with E-state index < -0.39 is 17.1 Å². The third-order valence-electron chi connectivity index (χ3n) is 4.31. The van der Waals surface area contributed by atoms with E-state index in [1.165, 1.54) is 28.8 Å². The Kier molecular flexibility index (Phi) is 4.67. The fourth-order valence-corrected chi connectivity index (χ4v) is 3.11. The molecule has 0 radical (unpaired) electrons. The second-order valence-corrected chi connectivity index (χ2v) is 6.14. The lowest BCUT2D eigenvalue weighted by Crippen LogP contribution is -2.46. The number of aromatic amines is 1. The van der Waals surface area contributed by atoms with Crippen molar-refractivity contribution < 1.29 is 4.39 Å². The van der Waals surface area contributed by atoms with E-state index in [-0.39, 0.29) is 18.2 Å². The number of piperidine rings is 1. The molecule has 3 N–H and O–H groups in total. The first kappa shape index (κ1) is 16.9. The van der Waals surface area contributed by atoms with Crippen LogP contribution < -0.4 is 21.9 Å². The second-order valence-electron chi connectivity index (χ2n) is 6.14. The van der Waals surface area contributed by atoms with Crippen molar-refractivity contribution in [1.29, 1.82) is 5.26 Å². The third kappa shape index (κ3) is 3.61. The lowest BCUT2D eigenvalue weighted by molar-refractivity contribution is 0.494. The van der Waals surface area contributed by atoms with E-state index in [1.807, 2.05) is 11.0 Å². The molecule has 2 heterocycles. The summed E-state index contributed by atoms with van der Waals surface area (Å²) in [5, 5.41) is 9.21. The number of H-pyrrole nitrogens is 1. The topological polar surface area (TPSA) is 108 Å². The van der Waals surface area contributed by atoms with Gasteiger partial charge in [0.15, 0.2) is 0 Å². The summed E-state index contributed by atoms with van der Waals surface area (Å²) >= 11 is 0. The summed E-state index contributed by atoms with van der Waals surface area (Å²) in [5.74, 6) is -0.0648. The lowest BCUT2D eigenvalue weighted by Gasteiger charge is -2.33. The maximum absolute atomic E-state index is 13.6. The van der Waals surface area contributed by atoms with E-state index in [2.05, 4.69) is 4.98 Å². The van der Waals surface area contributed by atoms with Crippen LogP contribution in [0.5, 0.6) is 0 Å². The van der Waals surface area contributed by atoms with E-state index >= 15 is 0 Å². The molecule has 0 unspecified atom stereocenters. The fourth-order valence-electron chi connectivity index (χ4n) is 3.11. The molecule has 1 saturated heterocycles. The van der Waals surface area contributed by atoms with Gasteiger partial charge in [-0.25, -0.2) is 9.18 Å². The average molecular weight is 343 g/mol. The Bertz CT molecular complexity index is 943. The highest BCUT2D eigenvalue weighted by Crippen LogP contribution is 2.19. The number of nitrogens with two attached hydrogens (primary N) is 1. The minimum absolute atomic E-state index is 0.0165.